The molecule has 7 nitrogen and oxygen atoms in total. The second-order valence-electron chi connectivity index (χ2n) is 7.46. The van der Waals surface area contributed by atoms with Gasteiger partial charge in [0.25, 0.3) is 0 Å². The van der Waals surface area contributed by atoms with Crippen molar-refractivity contribution >= 4 is 17.8 Å². The van der Waals surface area contributed by atoms with Crippen LogP contribution in [0, 0.1) is 5.82 Å². The quantitative estimate of drug-likeness (QED) is 0.420. The maximum absolute atomic E-state index is 13.6. The fourth-order valence-corrected chi connectivity index (χ4v) is 3.55. The summed E-state index contributed by atoms with van der Waals surface area (Å²) in [5.41, 5.74) is 2.74. The highest BCUT2D eigenvalue weighted by atomic mass is 19.1. The van der Waals surface area contributed by atoms with E-state index in [0.717, 1.165) is 43.7 Å². The maximum atomic E-state index is 13.6. The number of benzene rings is 1. The first kappa shape index (κ1) is 22.5. The Morgan fingerprint density at radius 1 is 1.29 bits per heavy atom. The molecule has 0 saturated heterocycles. The van der Waals surface area contributed by atoms with Crippen molar-refractivity contribution in [3.05, 3.63) is 59.0 Å². The standard InChI is InChI=1S/C23H29FN4O3/c1-2-31-21(29)15-20(17-6-3-8-18(24)14-17)28-23(30)26-13-5-9-19-11-10-16-7-4-12-25-22(16)27-19/h3,6,8,10-11,14,20H,2,4-5,7,9,12-13,15H2,1H3,(H,25,27)(H2,26,28,30)/t20-/m0/s1. The topological polar surface area (TPSA) is 92.3 Å². The Morgan fingerprint density at radius 2 is 2.16 bits per heavy atom. The Labute approximate surface area is 181 Å². The Hall–Kier alpha value is -3.16. The molecule has 2 aromatic rings. The van der Waals surface area contributed by atoms with Crippen LogP contribution in [0.25, 0.3) is 0 Å². The molecule has 0 bridgehead atoms. The van der Waals surface area contributed by atoms with E-state index in [4.69, 9.17) is 4.74 Å². The minimum absolute atomic E-state index is 0.0727. The molecule has 0 aliphatic carbocycles. The molecule has 1 atom stereocenters. The first-order chi connectivity index (χ1) is 15.0. The molecule has 2 amide bonds. The van der Waals surface area contributed by atoms with E-state index in [9.17, 15) is 14.0 Å². The molecular formula is C23H29FN4O3. The number of hydrogen-bond donors (Lipinski definition) is 3. The van der Waals surface area contributed by atoms with Crippen molar-refractivity contribution in [2.75, 3.05) is 25.0 Å². The van der Waals surface area contributed by atoms with E-state index in [1.54, 1.807) is 19.1 Å². The summed E-state index contributed by atoms with van der Waals surface area (Å²) in [4.78, 5) is 28.9. The zero-order chi connectivity index (χ0) is 22.1. The molecule has 0 unspecified atom stereocenters. The highest BCUT2D eigenvalue weighted by molar-refractivity contribution is 5.76. The lowest BCUT2D eigenvalue weighted by atomic mass is 10.0. The molecule has 2 heterocycles. The zero-order valence-electron chi connectivity index (χ0n) is 17.7. The van der Waals surface area contributed by atoms with Crippen LogP contribution in [0.4, 0.5) is 15.0 Å². The number of aromatic nitrogens is 1. The molecular weight excluding hydrogens is 399 g/mol. The number of carbonyl (C=O) groups is 2. The largest absolute Gasteiger partial charge is 0.466 e. The average molecular weight is 429 g/mol. The number of rotatable bonds is 9. The molecule has 1 aromatic heterocycles. The number of nitrogens with one attached hydrogen (secondary N) is 3. The molecule has 3 rings (SSSR count). The van der Waals surface area contributed by atoms with Crippen LogP contribution in [0.1, 0.15) is 49.0 Å². The Morgan fingerprint density at radius 3 is 2.97 bits per heavy atom. The summed E-state index contributed by atoms with van der Waals surface area (Å²) in [7, 11) is 0. The molecule has 1 aromatic carbocycles. The molecule has 1 aliphatic heterocycles. The summed E-state index contributed by atoms with van der Waals surface area (Å²) in [5, 5.41) is 8.86. The summed E-state index contributed by atoms with van der Waals surface area (Å²) in [6.45, 7) is 3.35. The molecule has 8 heteroatoms. The average Bonchev–Trinajstić information content (AvgIpc) is 2.76. The smallest absolute Gasteiger partial charge is 0.315 e. The fourth-order valence-electron chi connectivity index (χ4n) is 3.55. The van der Waals surface area contributed by atoms with Gasteiger partial charge in [0, 0.05) is 18.8 Å². The van der Waals surface area contributed by atoms with E-state index in [1.165, 1.54) is 17.7 Å². The number of carbonyl (C=O) groups excluding carboxylic acids is 2. The third-order valence-corrected chi connectivity index (χ3v) is 5.08. The number of ether oxygens (including phenoxy) is 1. The number of amides is 2. The highest BCUT2D eigenvalue weighted by Crippen LogP contribution is 2.20. The van der Waals surface area contributed by atoms with Gasteiger partial charge in [0.1, 0.15) is 11.6 Å². The molecule has 3 N–H and O–H groups in total. The number of halogens is 1. The van der Waals surface area contributed by atoms with Crippen molar-refractivity contribution in [3.63, 3.8) is 0 Å². The number of hydrogen-bond acceptors (Lipinski definition) is 5. The second kappa shape index (κ2) is 11.3. The Balaban J connectivity index is 1.49. The summed E-state index contributed by atoms with van der Waals surface area (Å²) in [6.07, 6.45) is 3.57. The molecule has 1 aliphatic rings. The third kappa shape index (κ3) is 6.94. The van der Waals surface area contributed by atoms with E-state index in [2.05, 4.69) is 27.0 Å². The fraction of sp³-hybridized carbons (Fsp3) is 0.435. The first-order valence-corrected chi connectivity index (χ1v) is 10.7. The summed E-state index contributed by atoms with van der Waals surface area (Å²) in [5.74, 6) is 0.0797. The third-order valence-electron chi connectivity index (χ3n) is 5.08. The molecule has 0 fully saturated rings. The van der Waals surface area contributed by atoms with Gasteiger partial charge in [-0.25, -0.2) is 14.2 Å². The van der Waals surface area contributed by atoms with Gasteiger partial charge in [-0.3, -0.25) is 4.79 Å². The predicted molar refractivity (Wildman–Crippen MR) is 116 cm³/mol. The van der Waals surface area contributed by atoms with Gasteiger partial charge in [-0.15, -0.1) is 0 Å². The first-order valence-electron chi connectivity index (χ1n) is 10.7. The van der Waals surface area contributed by atoms with E-state index in [-0.39, 0.29) is 13.0 Å². The molecule has 0 spiro atoms. The van der Waals surface area contributed by atoms with Gasteiger partial charge >= 0.3 is 12.0 Å². The minimum atomic E-state index is -0.678. The van der Waals surface area contributed by atoms with Crippen LogP contribution >= 0.6 is 0 Å². The van der Waals surface area contributed by atoms with Crippen LogP contribution in [0.15, 0.2) is 36.4 Å². The van der Waals surface area contributed by atoms with Gasteiger partial charge < -0.3 is 20.7 Å². The molecule has 166 valence electrons. The van der Waals surface area contributed by atoms with Gasteiger partial charge in [-0.2, -0.15) is 0 Å². The number of esters is 1. The normalized spacial score (nSPS) is 13.5. The van der Waals surface area contributed by atoms with Crippen molar-refractivity contribution in [1.29, 1.82) is 0 Å². The molecule has 0 saturated carbocycles. The van der Waals surface area contributed by atoms with E-state index in [0.29, 0.717) is 12.1 Å². The van der Waals surface area contributed by atoms with Gasteiger partial charge in [-0.05, 0) is 61.9 Å². The van der Waals surface area contributed by atoms with Crippen LogP contribution in [0.5, 0.6) is 0 Å². The van der Waals surface area contributed by atoms with Gasteiger partial charge in [-0.1, -0.05) is 18.2 Å². The Kier molecular flexibility index (Phi) is 8.20. The van der Waals surface area contributed by atoms with Crippen molar-refractivity contribution < 1.29 is 18.7 Å². The summed E-state index contributed by atoms with van der Waals surface area (Å²) in [6, 6.07) is 8.89. The van der Waals surface area contributed by atoms with Crippen LogP contribution in [0.3, 0.4) is 0 Å². The number of pyridine rings is 1. The highest BCUT2D eigenvalue weighted by Gasteiger charge is 2.19. The summed E-state index contributed by atoms with van der Waals surface area (Å²) >= 11 is 0. The van der Waals surface area contributed by atoms with Crippen LogP contribution in [-0.2, 0) is 22.4 Å². The number of anilines is 1. The zero-order valence-corrected chi connectivity index (χ0v) is 17.7. The van der Waals surface area contributed by atoms with Crippen LogP contribution < -0.4 is 16.0 Å². The van der Waals surface area contributed by atoms with Crippen molar-refractivity contribution in [3.8, 4) is 0 Å². The predicted octanol–water partition coefficient (Wildman–Crippen LogP) is 3.51. The monoisotopic (exact) mass is 428 g/mol. The van der Waals surface area contributed by atoms with E-state index < -0.39 is 23.9 Å². The molecule has 31 heavy (non-hydrogen) atoms. The number of nitrogens with zero attached hydrogens (tertiary/aromatic N) is 1. The number of aryl methyl sites for hydroxylation is 2. The lowest BCUT2D eigenvalue weighted by molar-refractivity contribution is -0.143. The maximum Gasteiger partial charge on any atom is 0.315 e. The van der Waals surface area contributed by atoms with Gasteiger partial charge in [0.15, 0.2) is 0 Å². The van der Waals surface area contributed by atoms with Gasteiger partial charge in [0.05, 0.1) is 19.1 Å². The second-order valence-corrected chi connectivity index (χ2v) is 7.46. The lowest BCUT2D eigenvalue weighted by Gasteiger charge is -2.19. The van der Waals surface area contributed by atoms with Crippen LogP contribution in [0.2, 0.25) is 0 Å². The van der Waals surface area contributed by atoms with Crippen molar-refractivity contribution in [2.24, 2.45) is 0 Å². The lowest BCUT2D eigenvalue weighted by Crippen LogP contribution is -2.39. The summed E-state index contributed by atoms with van der Waals surface area (Å²) < 4.78 is 18.6. The van der Waals surface area contributed by atoms with E-state index >= 15 is 0 Å². The van der Waals surface area contributed by atoms with Crippen molar-refractivity contribution in [2.45, 2.75) is 45.1 Å². The molecule has 0 radical (unpaired) electrons. The van der Waals surface area contributed by atoms with Gasteiger partial charge in [0.2, 0.25) is 0 Å². The minimum Gasteiger partial charge on any atom is -0.466 e. The SMILES string of the molecule is CCOC(=O)C[C@H](NC(=O)NCCCc1ccc2c(n1)NCCC2)c1cccc(F)c1. The van der Waals surface area contributed by atoms with Crippen molar-refractivity contribution in [1.82, 2.24) is 15.6 Å². The Bertz CT molecular complexity index is 906. The number of fused-ring (bicyclic) bond motifs is 1. The van der Waals surface area contributed by atoms with Crippen LogP contribution in [-0.4, -0.2) is 36.7 Å². The number of urea groups is 1. The van der Waals surface area contributed by atoms with E-state index in [1.807, 2.05) is 6.07 Å².